The molecule has 0 amide bonds. The lowest BCUT2D eigenvalue weighted by atomic mass is 9.95. The van der Waals surface area contributed by atoms with E-state index < -0.39 is 0 Å². The smallest absolute Gasteiger partial charge is 0.0232 e. The second kappa shape index (κ2) is 4.28. The van der Waals surface area contributed by atoms with Gasteiger partial charge >= 0.3 is 0 Å². The zero-order valence-corrected chi connectivity index (χ0v) is 10.7. The van der Waals surface area contributed by atoms with E-state index >= 15 is 0 Å². The van der Waals surface area contributed by atoms with Gasteiger partial charge in [0.2, 0.25) is 0 Å². The molecule has 0 aromatic carbocycles. The molecule has 3 aliphatic rings. The van der Waals surface area contributed by atoms with Gasteiger partial charge in [-0.3, -0.25) is 4.90 Å². The fraction of sp³-hybridized carbons (Fsp3) is 1.00. The second-order valence-electron chi connectivity index (χ2n) is 5.99. The molecular weight excluding hydrogens is 198 g/mol. The molecular formula is C13H25N3. The lowest BCUT2D eigenvalue weighted by Gasteiger charge is -2.42. The van der Waals surface area contributed by atoms with Crippen LogP contribution in [0, 0.1) is 0 Å². The highest BCUT2D eigenvalue weighted by Crippen LogP contribution is 2.36. The number of hydrogen-bond donors (Lipinski definition) is 1. The SMILES string of the molecule is CN(C1C[C@@H]2CC[C@@H](C1)N2C)[C@H]1CCNC1. The molecule has 3 saturated heterocycles. The maximum Gasteiger partial charge on any atom is 0.0232 e. The molecule has 0 unspecified atom stereocenters. The molecule has 0 aromatic heterocycles. The number of nitrogens with one attached hydrogen (secondary N) is 1. The number of likely N-dealkylation sites (N-methyl/N-ethyl adjacent to an activating group) is 1. The van der Waals surface area contributed by atoms with Crippen molar-refractivity contribution in [2.24, 2.45) is 0 Å². The van der Waals surface area contributed by atoms with Crippen molar-refractivity contribution in [1.82, 2.24) is 15.1 Å². The summed E-state index contributed by atoms with van der Waals surface area (Å²) in [5.74, 6) is 0. The summed E-state index contributed by atoms with van der Waals surface area (Å²) in [5, 5.41) is 3.49. The number of fused-ring (bicyclic) bond motifs is 2. The van der Waals surface area contributed by atoms with E-state index in [0.29, 0.717) is 0 Å². The van der Waals surface area contributed by atoms with E-state index in [0.717, 1.165) is 24.2 Å². The van der Waals surface area contributed by atoms with Crippen LogP contribution in [0.1, 0.15) is 32.1 Å². The number of piperidine rings is 1. The van der Waals surface area contributed by atoms with Gasteiger partial charge in [0.25, 0.3) is 0 Å². The first kappa shape index (κ1) is 11.0. The standard InChI is InChI=1S/C13H25N3/c1-15-10-3-4-11(15)8-13(7-10)16(2)12-5-6-14-9-12/h10-14H,3-9H2,1-2H3/t10-,11-,12-/m0/s1. The zero-order chi connectivity index (χ0) is 11.1. The van der Waals surface area contributed by atoms with Crippen LogP contribution in [0.5, 0.6) is 0 Å². The third-order valence-corrected chi connectivity index (χ3v) is 5.26. The van der Waals surface area contributed by atoms with E-state index in [-0.39, 0.29) is 0 Å². The third kappa shape index (κ3) is 1.79. The van der Waals surface area contributed by atoms with Gasteiger partial charge in [0.1, 0.15) is 0 Å². The third-order valence-electron chi connectivity index (χ3n) is 5.26. The van der Waals surface area contributed by atoms with Crippen molar-refractivity contribution in [2.45, 2.75) is 56.3 Å². The summed E-state index contributed by atoms with van der Waals surface area (Å²) < 4.78 is 0. The Balaban J connectivity index is 1.63. The summed E-state index contributed by atoms with van der Waals surface area (Å²) in [6.07, 6.45) is 7.03. The summed E-state index contributed by atoms with van der Waals surface area (Å²) in [4.78, 5) is 5.32. The Morgan fingerprint density at radius 3 is 2.31 bits per heavy atom. The summed E-state index contributed by atoms with van der Waals surface area (Å²) in [7, 11) is 4.68. The molecule has 1 N–H and O–H groups in total. The van der Waals surface area contributed by atoms with E-state index in [1.807, 2.05) is 0 Å². The maximum absolute atomic E-state index is 3.49. The number of nitrogens with zero attached hydrogens (tertiary/aromatic N) is 2. The highest BCUT2D eigenvalue weighted by Gasteiger charge is 2.40. The molecule has 3 rings (SSSR count). The van der Waals surface area contributed by atoms with Crippen molar-refractivity contribution in [1.29, 1.82) is 0 Å². The molecule has 0 saturated carbocycles. The average Bonchev–Trinajstić information content (AvgIpc) is 2.85. The predicted molar refractivity (Wildman–Crippen MR) is 66.6 cm³/mol. The molecule has 3 heterocycles. The largest absolute Gasteiger partial charge is 0.315 e. The van der Waals surface area contributed by atoms with Gasteiger partial charge in [0.05, 0.1) is 0 Å². The second-order valence-corrected chi connectivity index (χ2v) is 5.99. The van der Waals surface area contributed by atoms with Crippen molar-refractivity contribution in [3.8, 4) is 0 Å². The minimum Gasteiger partial charge on any atom is -0.315 e. The molecule has 3 heteroatoms. The molecule has 3 aliphatic heterocycles. The molecule has 16 heavy (non-hydrogen) atoms. The highest BCUT2D eigenvalue weighted by atomic mass is 15.3. The predicted octanol–water partition coefficient (Wildman–Crippen LogP) is 0.905. The first-order valence-electron chi connectivity index (χ1n) is 6.90. The van der Waals surface area contributed by atoms with Gasteiger partial charge in [0, 0.05) is 30.7 Å². The van der Waals surface area contributed by atoms with Crippen molar-refractivity contribution < 1.29 is 0 Å². The number of rotatable bonds is 2. The Labute approximate surface area is 99.2 Å². The van der Waals surface area contributed by atoms with Crippen LogP contribution in [0.15, 0.2) is 0 Å². The van der Waals surface area contributed by atoms with Gasteiger partial charge in [-0.1, -0.05) is 0 Å². The Hall–Kier alpha value is -0.120. The van der Waals surface area contributed by atoms with Crippen LogP contribution in [0.3, 0.4) is 0 Å². The molecule has 92 valence electrons. The monoisotopic (exact) mass is 223 g/mol. The summed E-state index contributed by atoms with van der Waals surface area (Å²) >= 11 is 0. The van der Waals surface area contributed by atoms with Crippen LogP contribution < -0.4 is 5.32 Å². The first-order chi connectivity index (χ1) is 7.75. The topological polar surface area (TPSA) is 18.5 Å². The molecule has 0 aromatic rings. The van der Waals surface area contributed by atoms with E-state index in [2.05, 4.69) is 29.2 Å². The van der Waals surface area contributed by atoms with Crippen LogP contribution in [-0.2, 0) is 0 Å². The van der Waals surface area contributed by atoms with E-state index in [9.17, 15) is 0 Å². The van der Waals surface area contributed by atoms with Crippen LogP contribution in [-0.4, -0.2) is 61.2 Å². The zero-order valence-electron chi connectivity index (χ0n) is 10.7. The average molecular weight is 223 g/mol. The van der Waals surface area contributed by atoms with Gasteiger partial charge in [-0.2, -0.15) is 0 Å². The van der Waals surface area contributed by atoms with Gasteiger partial charge in [-0.05, 0) is 52.7 Å². The fourth-order valence-electron chi connectivity index (χ4n) is 4.00. The Morgan fingerprint density at radius 2 is 1.75 bits per heavy atom. The van der Waals surface area contributed by atoms with E-state index in [1.165, 1.54) is 45.2 Å². The molecule has 0 aliphatic carbocycles. The van der Waals surface area contributed by atoms with Gasteiger partial charge in [-0.25, -0.2) is 0 Å². The van der Waals surface area contributed by atoms with E-state index in [4.69, 9.17) is 0 Å². The minimum atomic E-state index is 0.799. The maximum atomic E-state index is 3.49. The Morgan fingerprint density at radius 1 is 1.06 bits per heavy atom. The van der Waals surface area contributed by atoms with Crippen molar-refractivity contribution >= 4 is 0 Å². The van der Waals surface area contributed by atoms with E-state index in [1.54, 1.807) is 0 Å². The highest BCUT2D eigenvalue weighted by molar-refractivity contribution is 4.97. The Bertz CT molecular complexity index is 236. The normalized spacial score (nSPS) is 44.4. The molecule has 3 fully saturated rings. The van der Waals surface area contributed by atoms with Crippen molar-refractivity contribution in [3.05, 3.63) is 0 Å². The molecule has 0 spiro atoms. The van der Waals surface area contributed by atoms with Crippen molar-refractivity contribution in [3.63, 3.8) is 0 Å². The van der Waals surface area contributed by atoms with Crippen LogP contribution in [0.2, 0.25) is 0 Å². The molecule has 3 nitrogen and oxygen atoms in total. The number of hydrogen-bond acceptors (Lipinski definition) is 3. The summed E-state index contributed by atoms with van der Waals surface area (Å²) in [5.41, 5.74) is 0. The van der Waals surface area contributed by atoms with Crippen LogP contribution in [0.25, 0.3) is 0 Å². The molecule has 0 radical (unpaired) electrons. The van der Waals surface area contributed by atoms with Gasteiger partial charge in [0.15, 0.2) is 0 Å². The molecule has 2 bridgehead atoms. The van der Waals surface area contributed by atoms with Crippen LogP contribution >= 0.6 is 0 Å². The quantitative estimate of drug-likeness (QED) is 0.750. The van der Waals surface area contributed by atoms with Gasteiger partial charge in [-0.15, -0.1) is 0 Å². The minimum absolute atomic E-state index is 0.799. The van der Waals surface area contributed by atoms with Crippen LogP contribution in [0.4, 0.5) is 0 Å². The summed E-state index contributed by atoms with van der Waals surface area (Å²) in [6, 6.07) is 3.40. The Kier molecular flexibility index (Phi) is 2.94. The van der Waals surface area contributed by atoms with Gasteiger partial charge < -0.3 is 10.2 Å². The lowest BCUT2D eigenvalue weighted by Crippen LogP contribution is -2.51. The fourth-order valence-corrected chi connectivity index (χ4v) is 4.00. The van der Waals surface area contributed by atoms with Crippen molar-refractivity contribution in [2.75, 3.05) is 27.2 Å². The molecule has 3 atom stereocenters. The summed E-state index contributed by atoms with van der Waals surface area (Å²) in [6.45, 7) is 2.42. The lowest BCUT2D eigenvalue weighted by molar-refractivity contribution is 0.0708. The first-order valence-corrected chi connectivity index (χ1v) is 6.90.